The maximum absolute atomic E-state index is 12.9. The van der Waals surface area contributed by atoms with E-state index in [0.717, 1.165) is 0 Å². The van der Waals surface area contributed by atoms with Gasteiger partial charge in [0.15, 0.2) is 5.58 Å². The second-order valence-corrected chi connectivity index (χ2v) is 3.85. The van der Waals surface area contributed by atoms with E-state index in [0.29, 0.717) is 17.0 Å². The Hall–Kier alpha value is -1.42. The fourth-order valence-corrected chi connectivity index (χ4v) is 1.24. The van der Waals surface area contributed by atoms with Crippen LogP contribution in [0.5, 0.6) is 0 Å². The van der Waals surface area contributed by atoms with Gasteiger partial charge in [-0.1, -0.05) is 0 Å². The largest absolute Gasteiger partial charge is 0.437 e. The minimum atomic E-state index is -0.602. The molecule has 0 aliphatic carbocycles. The highest BCUT2D eigenvalue weighted by Crippen LogP contribution is 2.26. The van der Waals surface area contributed by atoms with E-state index >= 15 is 0 Å². The van der Waals surface area contributed by atoms with Crippen LogP contribution in [0.3, 0.4) is 0 Å². The maximum Gasteiger partial charge on any atom is 0.227 e. The molecule has 0 unspecified atom stereocenters. The van der Waals surface area contributed by atoms with Crippen LogP contribution in [0.25, 0.3) is 11.1 Å². The number of halogens is 1. The lowest BCUT2D eigenvalue weighted by Crippen LogP contribution is -2.19. The van der Waals surface area contributed by atoms with Crippen LogP contribution in [0.4, 0.5) is 4.39 Å². The Kier molecular flexibility index (Phi) is 2.23. The predicted molar refractivity (Wildman–Crippen MR) is 54.0 cm³/mol. The number of rotatable bonds is 2. The molecule has 0 amide bonds. The first-order valence-corrected chi connectivity index (χ1v) is 4.64. The van der Waals surface area contributed by atoms with E-state index < -0.39 is 5.60 Å². The van der Waals surface area contributed by atoms with Crippen molar-refractivity contribution in [3.8, 4) is 0 Å². The molecule has 80 valence electrons. The molecule has 2 rings (SSSR count). The monoisotopic (exact) mass is 209 g/mol. The summed E-state index contributed by atoms with van der Waals surface area (Å²) < 4.78 is 23.6. The second kappa shape index (κ2) is 3.31. The summed E-state index contributed by atoms with van der Waals surface area (Å²) in [5, 5.41) is 0. The van der Waals surface area contributed by atoms with Gasteiger partial charge in [0.2, 0.25) is 5.89 Å². The quantitative estimate of drug-likeness (QED) is 0.762. The topological polar surface area (TPSA) is 35.3 Å². The Bertz CT molecular complexity index is 490. The number of aromatic nitrogens is 1. The fraction of sp³-hybridized carbons (Fsp3) is 0.364. The highest BCUT2D eigenvalue weighted by atomic mass is 19.1. The third-order valence-electron chi connectivity index (χ3n) is 2.38. The molecular formula is C11H12FNO2. The van der Waals surface area contributed by atoms with E-state index in [-0.39, 0.29) is 5.82 Å². The number of hydrogen-bond donors (Lipinski definition) is 0. The van der Waals surface area contributed by atoms with E-state index in [1.807, 2.05) is 13.8 Å². The van der Waals surface area contributed by atoms with Gasteiger partial charge in [-0.2, -0.15) is 0 Å². The number of methoxy groups -OCH3 is 1. The molecule has 0 saturated heterocycles. The van der Waals surface area contributed by atoms with Crippen molar-refractivity contribution >= 4 is 11.1 Å². The van der Waals surface area contributed by atoms with Crippen LogP contribution in [-0.2, 0) is 10.3 Å². The zero-order valence-electron chi connectivity index (χ0n) is 8.87. The molecule has 15 heavy (non-hydrogen) atoms. The third kappa shape index (κ3) is 1.72. The Morgan fingerprint density at radius 1 is 1.40 bits per heavy atom. The van der Waals surface area contributed by atoms with Crippen molar-refractivity contribution in [1.82, 2.24) is 4.98 Å². The van der Waals surface area contributed by atoms with Crippen molar-refractivity contribution in [1.29, 1.82) is 0 Å². The minimum absolute atomic E-state index is 0.333. The third-order valence-corrected chi connectivity index (χ3v) is 2.38. The zero-order chi connectivity index (χ0) is 11.1. The summed E-state index contributed by atoms with van der Waals surface area (Å²) in [7, 11) is 1.58. The summed E-state index contributed by atoms with van der Waals surface area (Å²) in [6.45, 7) is 3.68. The Morgan fingerprint density at radius 3 is 2.80 bits per heavy atom. The van der Waals surface area contributed by atoms with Crippen molar-refractivity contribution in [2.45, 2.75) is 19.4 Å². The van der Waals surface area contributed by atoms with Crippen LogP contribution < -0.4 is 0 Å². The van der Waals surface area contributed by atoms with Crippen LogP contribution in [0.2, 0.25) is 0 Å². The minimum Gasteiger partial charge on any atom is -0.437 e. The van der Waals surface area contributed by atoms with Crippen LogP contribution in [0, 0.1) is 5.82 Å². The smallest absolute Gasteiger partial charge is 0.227 e. The van der Waals surface area contributed by atoms with Crippen LogP contribution in [0.1, 0.15) is 19.7 Å². The van der Waals surface area contributed by atoms with Gasteiger partial charge in [-0.25, -0.2) is 9.37 Å². The Labute approximate surface area is 86.9 Å². The molecule has 1 heterocycles. The molecule has 3 nitrogen and oxygen atoms in total. The van der Waals surface area contributed by atoms with Crippen molar-refractivity contribution in [3.05, 3.63) is 29.9 Å². The standard InChI is InChI=1S/C11H12FNO2/c1-11(2,14-3)10-13-8-5-4-7(12)6-9(8)15-10/h4-6H,1-3H3. The van der Waals surface area contributed by atoms with E-state index in [2.05, 4.69) is 4.98 Å². The summed E-state index contributed by atoms with van der Waals surface area (Å²) in [4.78, 5) is 4.24. The van der Waals surface area contributed by atoms with Gasteiger partial charge in [-0.15, -0.1) is 0 Å². The molecule has 0 N–H and O–H groups in total. The summed E-state index contributed by atoms with van der Waals surface area (Å²) in [5.41, 5.74) is 0.474. The first-order chi connectivity index (χ1) is 7.03. The number of oxazole rings is 1. The molecule has 0 fully saturated rings. The molecule has 0 atom stereocenters. The average molecular weight is 209 g/mol. The lowest BCUT2D eigenvalue weighted by Gasteiger charge is -2.17. The van der Waals surface area contributed by atoms with E-state index in [4.69, 9.17) is 9.15 Å². The highest BCUT2D eigenvalue weighted by molar-refractivity contribution is 5.72. The normalized spacial score (nSPS) is 12.3. The van der Waals surface area contributed by atoms with Gasteiger partial charge in [-0.05, 0) is 26.0 Å². The highest BCUT2D eigenvalue weighted by Gasteiger charge is 2.26. The maximum atomic E-state index is 12.9. The lowest BCUT2D eigenvalue weighted by atomic mass is 10.1. The van der Waals surface area contributed by atoms with Crippen molar-refractivity contribution in [2.75, 3.05) is 7.11 Å². The first-order valence-electron chi connectivity index (χ1n) is 4.64. The van der Waals surface area contributed by atoms with Gasteiger partial charge >= 0.3 is 0 Å². The molecule has 0 aliphatic rings. The Morgan fingerprint density at radius 2 is 2.13 bits per heavy atom. The first kappa shape index (κ1) is 10.1. The molecule has 0 bridgehead atoms. The molecule has 0 radical (unpaired) electrons. The van der Waals surface area contributed by atoms with Gasteiger partial charge in [0.05, 0.1) is 0 Å². The predicted octanol–water partition coefficient (Wildman–Crippen LogP) is 2.85. The molecular weight excluding hydrogens is 197 g/mol. The Balaban J connectivity index is 2.56. The molecule has 2 aromatic rings. The zero-order valence-corrected chi connectivity index (χ0v) is 8.87. The van der Waals surface area contributed by atoms with Crippen molar-refractivity contribution in [2.24, 2.45) is 0 Å². The van der Waals surface area contributed by atoms with Crippen LogP contribution in [-0.4, -0.2) is 12.1 Å². The summed E-state index contributed by atoms with van der Waals surface area (Å²) in [5.74, 6) is 0.117. The molecule has 4 heteroatoms. The number of ether oxygens (including phenoxy) is 1. The molecule has 0 aliphatic heterocycles. The van der Waals surface area contributed by atoms with Gasteiger partial charge in [-0.3, -0.25) is 0 Å². The summed E-state index contributed by atoms with van der Waals surface area (Å²) >= 11 is 0. The lowest BCUT2D eigenvalue weighted by molar-refractivity contribution is -0.00242. The summed E-state index contributed by atoms with van der Waals surface area (Å²) in [6.07, 6.45) is 0. The molecule has 0 spiro atoms. The van der Waals surface area contributed by atoms with E-state index in [1.54, 1.807) is 13.2 Å². The summed E-state index contributed by atoms with van der Waals surface area (Å²) in [6, 6.07) is 4.26. The second-order valence-electron chi connectivity index (χ2n) is 3.85. The van der Waals surface area contributed by atoms with Gasteiger partial charge in [0.1, 0.15) is 16.9 Å². The van der Waals surface area contributed by atoms with Crippen LogP contribution in [0.15, 0.2) is 22.6 Å². The SMILES string of the molecule is COC(C)(C)c1nc2ccc(F)cc2o1. The average Bonchev–Trinajstić information content (AvgIpc) is 2.61. The van der Waals surface area contributed by atoms with Crippen molar-refractivity contribution in [3.63, 3.8) is 0 Å². The van der Waals surface area contributed by atoms with Gasteiger partial charge < -0.3 is 9.15 Å². The van der Waals surface area contributed by atoms with Crippen LogP contribution >= 0.6 is 0 Å². The molecule has 1 aromatic heterocycles. The molecule has 0 saturated carbocycles. The van der Waals surface area contributed by atoms with Gasteiger partial charge in [0, 0.05) is 13.2 Å². The number of fused-ring (bicyclic) bond motifs is 1. The molecule has 1 aromatic carbocycles. The number of benzene rings is 1. The number of nitrogens with zero attached hydrogens (tertiary/aromatic N) is 1. The fourth-order valence-electron chi connectivity index (χ4n) is 1.24. The van der Waals surface area contributed by atoms with Crippen molar-refractivity contribution < 1.29 is 13.5 Å². The van der Waals surface area contributed by atoms with E-state index in [1.165, 1.54) is 12.1 Å². The van der Waals surface area contributed by atoms with E-state index in [9.17, 15) is 4.39 Å². The number of hydrogen-bond acceptors (Lipinski definition) is 3. The van der Waals surface area contributed by atoms with Gasteiger partial charge in [0.25, 0.3) is 0 Å².